The fourth-order valence-corrected chi connectivity index (χ4v) is 2.90. The minimum Gasteiger partial charge on any atom is -0.493 e. The maximum Gasteiger partial charge on any atom is 0.171 e. The van der Waals surface area contributed by atoms with Crippen LogP contribution in [0.5, 0.6) is 11.5 Å². The summed E-state index contributed by atoms with van der Waals surface area (Å²) in [5.41, 5.74) is 8.62. The summed E-state index contributed by atoms with van der Waals surface area (Å²) in [6.45, 7) is 0. The van der Waals surface area contributed by atoms with Crippen molar-refractivity contribution in [1.29, 1.82) is 0 Å². The topological polar surface area (TPSA) is 73.2 Å². The number of fused-ring (bicyclic) bond motifs is 1. The number of benzene rings is 2. The van der Waals surface area contributed by atoms with Crippen LogP contribution in [0.1, 0.15) is 0 Å². The molecule has 108 valence electrons. The van der Waals surface area contributed by atoms with E-state index in [1.54, 1.807) is 20.3 Å². The molecule has 0 fully saturated rings. The smallest absolute Gasteiger partial charge is 0.171 e. The number of imidazole rings is 1. The van der Waals surface area contributed by atoms with Crippen LogP contribution in [0.4, 0.5) is 5.69 Å². The van der Waals surface area contributed by atoms with E-state index in [1.165, 1.54) is 11.8 Å². The van der Waals surface area contributed by atoms with Crippen LogP contribution >= 0.6 is 11.8 Å². The zero-order valence-electron chi connectivity index (χ0n) is 11.7. The number of aromatic amines is 1. The van der Waals surface area contributed by atoms with Crippen LogP contribution in [-0.4, -0.2) is 24.2 Å². The van der Waals surface area contributed by atoms with E-state index < -0.39 is 0 Å². The van der Waals surface area contributed by atoms with Crippen LogP contribution in [0.3, 0.4) is 0 Å². The Morgan fingerprint density at radius 1 is 1.10 bits per heavy atom. The van der Waals surface area contributed by atoms with Gasteiger partial charge in [0.1, 0.15) is 0 Å². The lowest BCUT2D eigenvalue weighted by molar-refractivity contribution is 0.354. The molecule has 0 amide bonds. The van der Waals surface area contributed by atoms with Crippen LogP contribution in [0.2, 0.25) is 0 Å². The SMILES string of the molecule is COc1cc(N)c(Sc2nc3ccccc3[nH]2)cc1OC. The predicted molar refractivity (Wildman–Crippen MR) is 84.2 cm³/mol. The minimum absolute atomic E-state index is 0.615. The molecule has 3 N–H and O–H groups in total. The van der Waals surface area contributed by atoms with Crippen LogP contribution in [0.25, 0.3) is 11.0 Å². The molecule has 5 nitrogen and oxygen atoms in total. The quantitative estimate of drug-likeness (QED) is 0.723. The molecule has 0 spiro atoms. The second kappa shape index (κ2) is 5.57. The van der Waals surface area contributed by atoms with Crippen molar-refractivity contribution >= 4 is 28.5 Å². The molecule has 0 atom stereocenters. The number of nitrogens with one attached hydrogen (secondary N) is 1. The van der Waals surface area contributed by atoms with E-state index in [4.69, 9.17) is 15.2 Å². The highest BCUT2D eigenvalue weighted by molar-refractivity contribution is 7.99. The fourth-order valence-electron chi connectivity index (χ4n) is 2.05. The summed E-state index contributed by atoms with van der Waals surface area (Å²) in [6.07, 6.45) is 0. The molecule has 1 aromatic heterocycles. The van der Waals surface area contributed by atoms with Gasteiger partial charge < -0.3 is 20.2 Å². The number of nitrogens with zero attached hydrogens (tertiary/aromatic N) is 1. The Kier molecular flexibility index (Phi) is 3.62. The molecule has 21 heavy (non-hydrogen) atoms. The molecule has 2 aromatic carbocycles. The number of nitrogens with two attached hydrogens (primary N) is 1. The van der Waals surface area contributed by atoms with Gasteiger partial charge in [0, 0.05) is 22.7 Å². The molecule has 0 bridgehead atoms. The van der Waals surface area contributed by atoms with Crippen LogP contribution in [-0.2, 0) is 0 Å². The molecule has 0 aliphatic carbocycles. The molecule has 0 unspecified atom stereocenters. The highest BCUT2D eigenvalue weighted by atomic mass is 32.2. The van der Waals surface area contributed by atoms with Crippen LogP contribution < -0.4 is 15.2 Å². The second-order valence-corrected chi connectivity index (χ2v) is 5.44. The number of aromatic nitrogens is 2. The van der Waals surface area contributed by atoms with Gasteiger partial charge in [0.2, 0.25) is 0 Å². The van der Waals surface area contributed by atoms with Crippen molar-refractivity contribution in [2.75, 3.05) is 20.0 Å². The number of para-hydroxylation sites is 2. The number of hydrogen-bond acceptors (Lipinski definition) is 5. The molecule has 0 saturated carbocycles. The maximum atomic E-state index is 6.06. The molecule has 0 aliphatic heterocycles. The van der Waals surface area contributed by atoms with Crippen molar-refractivity contribution in [2.24, 2.45) is 0 Å². The lowest BCUT2D eigenvalue weighted by Crippen LogP contribution is -1.95. The van der Waals surface area contributed by atoms with Crippen molar-refractivity contribution in [3.05, 3.63) is 36.4 Å². The number of methoxy groups -OCH3 is 2. The standard InChI is InChI=1S/C15H15N3O2S/c1-19-12-7-9(16)14(8-13(12)20-2)21-15-17-10-5-3-4-6-11(10)18-15/h3-8H,16H2,1-2H3,(H,17,18). The predicted octanol–water partition coefficient (Wildman–Crippen LogP) is 3.31. The fraction of sp³-hybridized carbons (Fsp3) is 0.133. The Bertz CT molecular complexity index is 753. The van der Waals surface area contributed by atoms with Crippen molar-refractivity contribution < 1.29 is 9.47 Å². The van der Waals surface area contributed by atoms with Gasteiger partial charge in [0.15, 0.2) is 16.7 Å². The first kappa shape index (κ1) is 13.6. The summed E-state index contributed by atoms with van der Waals surface area (Å²) in [5, 5.41) is 0.787. The summed E-state index contributed by atoms with van der Waals surface area (Å²) in [7, 11) is 3.19. The molecular formula is C15H15N3O2S. The number of hydrogen-bond donors (Lipinski definition) is 2. The highest BCUT2D eigenvalue weighted by Crippen LogP contribution is 2.39. The van der Waals surface area contributed by atoms with E-state index in [2.05, 4.69) is 9.97 Å². The molecule has 3 rings (SSSR count). The number of H-pyrrole nitrogens is 1. The van der Waals surface area contributed by atoms with Gasteiger partial charge in [-0.2, -0.15) is 0 Å². The first-order chi connectivity index (χ1) is 10.2. The summed E-state index contributed by atoms with van der Waals surface area (Å²) >= 11 is 1.46. The first-order valence-electron chi connectivity index (χ1n) is 6.35. The van der Waals surface area contributed by atoms with Gasteiger partial charge in [0.05, 0.1) is 25.3 Å². The normalized spacial score (nSPS) is 10.8. The Hall–Kier alpha value is -2.34. The van der Waals surface area contributed by atoms with Gasteiger partial charge in [-0.25, -0.2) is 4.98 Å². The summed E-state index contributed by atoms with van der Waals surface area (Å²) in [6, 6.07) is 11.5. The van der Waals surface area contributed by atoms with E-state index in [0.717, 1.165) is 21.1 Å². The van der Waals surface area contributed by atoms with Gasteiger partial charge in [-0.3, -0.25) is 0 Å². The molecule has 3 aromatic rings. The van der Waals surface area contributed by atoms with E-state index in [0.29, 0.717) is 17.2 Å². The number of rotatable bonds is 4. The highest BCUT2D eigenvalue weighted by Gasteiger charge is 2.12. The second-order valence-electron chi connectivity index (χ2n) is 4.41. The number of anilines is 1. The monoisotopic (exact) mass is 301 g/mol. The Morgan fingerprint density at radius 2 is 1.81 bits per heavy atom. The third-order valence-corrected chi connectivity index (χ3v) is 4.05. The van der Waals surface area contributed by atoms with E-state index >= 15 is 0 Å². The maximum absolute atomic E-state index is 6.06. The lowest BCUT2D eigenvalue weighted by atomic mass is 10.3. The first-order valence-corrected chi connectivity index (χ1v) is 7.17. The summed E-state index contributed by atoms with van der Waals surface area (Å²) < 4.78 is 10.5. The average molecular weight is 301 g/mol. The molecular weight excluding hydrogens is 286 g/mol. The molecule has 6 heteroatoms. The lowest BCUT2D eigenvalue weighted by Gasteiger charge is -2.11. The third-order valence-electron chi connectivity index (χ3n) is 3.09. The van der Waals surface area contributed by atoms with E-state index in [9.17, 15) is 0 Å². The minimum atomic E-state index is 0.615. The van der Waals surface area contributed by atoms with E-state index in [1.807, 2.05) is 30.3 Å². The molecule has 0 saturated heterocycles. The van der Waals surface area contributed by atoms with Crippen LogP contribution in [0, 0.1) is 0 Å². The molecule has 1 heterocycles. The number of nitrogen functional groups attached to an aromatic ring is 1. The summed E-state index contributed by atoms with van der Waals surface area (Å²) in [5.74, 6) is 1.26. The van der Waals surface area contributed by atoms with Crippen molar-refractivity contribution in [3.8, 4) is 11.5 Å². The average Bonchev–Trinajstić information content (AvgIpc) is 2.91. The van der Waals surface area contributed by atoms with Gasteiger partial charge in [0.25, 0.3) is 0 Å². The van der Waals surface area contributed by atoms with Crippen molar-refractivity contribution in [2.45, 2.75) is 10.1 Å². The molecule has 0 aliphatic rings. The Morgan fingerprint density at radius 3 is 2.52 bits per heavy atom. The largest absolute Gasteiger partial charge is 0.493 e. The van der Waals surface area contributed by atoms with Crippen molar-refractivity contribution in [1.82, 2.24) is 9.97 Å². The zero-order valence-corrected chi connectivity index (χ0v) is 12.5. The van der Waals surface area contributed by atoms with Gasteiger partial charge in [-0.1, -0.05) is 12.1 Å². The van der Waals surface area contributed by atoms with Gasteiger partial charge in [-0.15, -0.1) is 0 Å². The summed E-state index contributed by atoms with van der Waals surface area (Å²) in [4.78, 5) is 8.66. The van der Waals surface area contributed by atoms with Gasteiger partial charge >= 0.3 is 0 Å². The molecule has 0 radical (unpaired) electrons. The Labute approximate surface area is 126 Å². The third kappa shape index (κ3) is 2.62. The Balaban J connectivity index is 1.97. The van der Waals surface area contributed by atoms with E-state index in [-0.39, 0.29) is 0 Å². The number of ether oxygens (including phenoxy) is 2. The van der Waals surface area contributed by atoms with Crippen LogP contribution in [0.15, 0.2) is 46.5 Å². The van der Waals surface area contributed by atoms with Gasteiger partial charge in [-0.05, 0) is 23.9 Å². The van der Waals surface area contributed by atoms with Crippen molar-refractivity contribution in [3.63, 3.8) is 0 Å². The zero-order chi connectivity index (χ0) is 14.8.